The van der Waals surface area contributed by atoms with E-state index in [2.05, 4.69) is 5.32 Å². The van der Waals surface area contributed by atoms with E-state index >= 15 is 0 Å². The molecule has 1 atom stereocenters. The second-order valence-corrected chi connectivity index (χ2v) is 7.45. The first kappa shape index (κ1) is 21.4. The predicted octanol–water partition coefficient (Wildman–Crippen LogP) is 4.50. The Morgan fingerprint density at radius 1 is 1.12 bits per heavy atom. The lowest BCUT2D eigenvalue weighted by Gasteiger charge is -2.21. The van der Waals surface area contributed by atoms with E-state index in [9.17, 15) is 14.0 Å². The number of rotatable bonds is 7. The highest BCUT2D eigenvalue weighted by Crippen LogP contribution is 2.24. The Hall–Kier alpha value is -3.87. The van der Waals surface area contributed by atoms with Gasteiger partial charge in [-0.15, -0.1) is 0 Å². The largest absolute Gasteiger partial charge is 0.497 e. The lowest BCUT2D eigenvalue weighted by molar-refractivity contribution is 0.0936. The highest BCUT2D eigenvalue weighted by Gasteiger charge is 2.24. The van der Waals surface area contributed by atoms with Crippen LogP contribution >= 0.6 is 0 Å². The summed E-state index contributed by atoms with van der Waals surface area (Å²) in [6.07, 6.45) is 0.0613. The van der Waals surface area contributed by atoms with Crippen LogP contribution in [0.4, 0.5) is 14.9 Å². The molecule has 0 aromatic heterocycles. The van der Waals surface area contributed by atoms with Crippen LogP contribution in [0.3, 0.4) is 0 Å². The molecular weight excluding hydrogens is 411 g/mol. The first-order chi connectivity index (χ1) is 15.5. The summed E-state index contributed by atoms with van der Waals surface area (Å²) < 4.78 is 23.6. The fourth-order valence-electron chi connectivity index (χ4n) is 3.63. The van der Waals surface area contributed by atoms with Gasteiger partial charge in [-0.1, -0.05) is 30.3 Å². The minimum Gasteiger partial charge on any atom is -0.497 e. The average molecular weight is 434 g/mol. The molecule has 4 rings (SSSR count). The van der Waals surface area contributed by atoms with E-state index in [4.69, 9.17) is 9.47 Å². The maximum Gasteiger partial charge on any atom is 0.414 e. The third-order valence-corrected chi connectivity index (χ3v) is 5.36. The first-order valence-electron chi connectivity index (χ1n) is 10.3. The van der Waals surface area contributed by atoms with Gasteiger partial charge in [-0.2, -0.15) is 0 Å². The molecule has 1 aliphatic rings. The summed E-state index contributed by atoms with van der Waals surface area (Å²) in [6, 6.07) is 20.2. The Labute approximate surface area is 185 Å². The highest BCUT2D eigenvalue weighted by atomic mass is 19.1. The van der Waals surface area contributed by atoms with E-state index in [0.29, 0.717) is 36.6 Å². The number of benzene rings is 3. The number of carbonyl (C=O) groups excluding carboxylic acids is 2. The molecule has 1 unspecified atom stereocenters. The van der Waals surface area contributed by atoms with Crippen LogP contribution in [-0.2, 0) is 11.2 Å². The summed E-state index contributed by atoms with van der Waals surface area (Å²) in [5, 5.41) is 3.07. The molecular formula is C25H23FN2O4. The Balaban J connectivity index is 1.57. The van der Waals surface area contributed by atoms with Crippen LogP contribution in [0.15, 0.2) is 72.8 Å². The van der Waals surface area contributed by atoms with Crippen LogP contribution in [0.25, 0.3) is 0 Å². The summed E-state index contributed by atoms with van der Waals surface area (Å²) in [5.74, 6) is 0.129. The van der Waals surface area contributed by atoms with Crippen LogP contribution in [0, 0.1) is 5.82 Å². The van der Waals surface area contributed by atoms with Gasteiger partial charge in [0.15, 0.2) is 0 Å². The van der Waals surface area contributed by atoms with Crippen molar-refractivity contribution in [2.45, 2.75) is 12.5 Å². The van der Waals surface area contributed by atoms with Crippen molar-refractivity contribution in [3.8, 4) is 5.75 Å². The average Bonchev–Trinajstić information content (AvgIpc) is 3.26. The van der Waals surface area contributed by atoms with Gasteiger partial charge >= 0.3 is 6.09 Å². The lowest BCUT2D eigenvalue weighted by atomic mass is 9.98. The van der Waals surface area contributed by atoms with Crippen molar-refractivity contribution in [1.82, 2.24) is 5.32 Å². The van der Waals surface area contributed by atoms with Crippen LogP contribution < -0.4 is 15.0 Å². The molecule has 3 aromatic rings. The third-order valence-electron chi connectivity index (χ3n) is 5.36. The van der Waals surface area contributed by atoms with Crippen molar-refractivity contribution in [2.24, 2.45) is 0 Å². The predicted molar refractivity (Wildman–Crippen MR) is 118 cm³/mol. The van der Waals surface area contributed by atoms with Crippen LogP contribution in [0.2, 0.25) is 0 Å². The van der Waals surface area contributed by atoms with E-state index in [-0.39, 0.29) is 17.8 Å². The molecule has 0 aliphatic carbocycles. The molecule has 1 heterocycles. The number of nitrogens with zero attached hydrogens (tertiary/aromatic N) is 1. The normalized spacial score (nSPS) is 14.1. The fraction of sp³-hybridized carbons (Fsp3) is 0.200. The molecule has 3 aromatic carbocycles. The summed E-state index contributed by atoms with van der Waals surface area (Å²) in [6.45, 7) is 0.773. The molecule has 0 radical (unpaired) electrons. The molecule has 2 amide bonds. The van der Waals surface area contributed by atoms with Gasteiger partial charge in [-0.05, 0) is 60.0 Å². The SMILES string of the molecule is COc1ccc(C(Cc2ccc(F)cc2)NC(=O)c2cccc(N3CCOC3=O)c2)cc1. The van der Waals surface area contributed by atoms with E-state index in [0.717, 1.165) is 11.1 Å². The van der Waals surface area contributed by atoms with Crippen LogP contribution in [-0.4, -0.2) is 32.3 Å². The number of methoxy groups -OCH3 is 1. The van der Waals surface area contributed by atoms with E-state index < -0.39 is 6.09 Å². The Kier molecular flexibility index (Phi) is 6.35. The summed E-state index contributed by atoms with van der Waals surface area (Å²) in [4.78, 5) is 26.5. The Bertz CT molecular complexity index is 1100. The van der Waals surface area contributed by atoms with Gasteiger partial charge in [-0.25, -0.2) is 9.18 Å². The molecule has 0 spiro atoms. The second kappa shape index (κ2) is 9.51. The van der Waals surface area contributed by atoms with Crippen molar-refractivity contribution in [1.29, 1.82) is 0 Å². The van der Waals surface area contributed by atoms with Crippen molar-refractivity contribution in [3.05, 3.63) is 95.3 Å². The molecule has 1 N–H and O–H groups in total. The number of cyclic esters (lactones) is 1. The number of hydrogen-bond acceptors (Lipinski definition) is 4. The molecule has 1 saturated heterocycles. The first-order valence-corrected chi connectivity index (χ1v) is 10.3. The molecule has 0 bridgehead atoms. The second-order valence-electron chi connectivity index (χ2n) is 7.45. The van der Waals surface area contributed by atoms with Gasteiger partial charge in [0.1, 0.15) is 18.2 Å². The van der Waals surface area contributed by atoms with Gasteiger partial charge < -0.3 is 14.8 Å². The number of carbonyl (C=O) groups is 2. The number of hydrogen-bond donors (Lipinski definition) is 1. The highest BCUT2D eigenvalue weighted by molar-refractivity contribution is 5.97. The number of ether oxygens (including phenoxy) is 2. The minimum atomic E-state index is -0.421. The van der Waals surface area contributed by atoms with Gasteiger partial charge in [0, 0.05) is 11.3 Å². The van der Waals surface area contributed by atoms with Crippen molar-refractivity contribution < 1.29 is 23.5 Å². The zero-order valence-corrected chi connectivity index (χ0v) is 17.6. The summed E-state index contributed by atoms with van der Waals surface area (Å²) in [5.41, 5.74) is 2.82. The van der Waals surface area contributed by atoms with E-state index in [1.165, 1.54) is 17.0 Å². The van der Waals surface area contributed by atoms with Crippen molar-refractivity contribution >= 4 is 17.7 Å². The Morgan fingerprint density at radius 2 is 1.88 bits per heavy atom. The standard InChI is InChI=1S/C25H23FN2O4/c1-31-22-11-7-18(8-12-22)23(15-17-5-9-20(26)10-6-17)27-24(29)19-3-2-4-21(16-19)28-13-14-32-25(28)30/h2-12,16,23H,13-15H2,1H3,(H,27,29). The van der Waals surface area contributed by atoms with Gasteiger partial charge in [-0.3, -0.25) is 9.69 Å². The Morgan fingerprint density at radius 3 is 2.53 bits per heavy atom. The molecule has 7 heteroatoms. The van der Waals surface area contributed by atoms with Gasteiger partial charge in [0.05, 0.1) is 19.7 Å². The van der Waals surface area contributed by atoms with Gasteiger partial charge in [0.25, 0.3) is 5.91 Å². The van der Waals surface area contributed by atoms with Crippen molar-refractivity contribution in [2.75, 3.05) is 25.2 Å². The third kappa shape index (κ3) is 4.88. The van der Waals surface area contributed by atoms with E-state index in [1.54, 1.807) is 43.5 Å². The zero-order valence-electron chi connectivity index (χ0n) is 17.6. The van der Waals surface area contributed by atoms with E-state index in [1.807, 2.05) is 24.3 Å². The maximum atomic E-state index is 13.3. The number of nitrogens with one attached hydrogen (secondary N) is 1. The fourth-order valence-corrected chi connectivity index (χ4v) is 3.63. The van der Waals surface area contributed by atoms with Crippen LogP contribution in [0.5, 0.6) is 5.75 Å². The smallest absolute Gasteiger partial charge is 0.414 e. The summed E-state index contributed by atoms with van der Waals surface area (Å²) >= 11 is 0. The quantitative estimate of drug-likeness (QED) is 0.594. The monoisotopic (exact) mass is 434 g/mol. The maximum absolute atomic E-state index is 13.3. The minimum absolute atomic E-state index is 0.276. The number of anilines is 1. The number of amides is 2. The molecule has 164 valence electrons. The molecule has 0 saturated carbocycles. The van der Waals surface area contributed by atoms with Crippen LogP contribution in [0.1, 0.15) is 27.5 Å². The summed E-state index contributed by atoms with van der Waals surface area (Å²) in [7, 11) is 1.59. The molecule has 32 heavy (non-hydrogen) atoms. The zero-order chi connectivity index (χ0) is 22.5. The molecule has 1 fully saturated rings. The molecule has 1 aliphatic heterocycles. The molecule has 6 nitrogen and oxygen atoms in total. The lowest BCUT2D eigenvalue weighted by Crippen LogP contribution is -2.30. The number of halogens is 1. The van der Waals surface area contributed by atoms with Gasteiger partial charge in [0.2, 0.25) is 0 Å². The topological polar surface area (TPSA) is 67.9 Å². The van der Waals surface area contributed by atoms with Crippen molar-refractivity contribution in [3.63, 3.8) is 0 Å².